The molecule has 1 atom stereocenters. The molecule has 0 N–H and O–H groups in total. The first kappa shape index (κ1) is 20.4. The predicted octanol–water partition coefficient (Wildman–Crippen LogP) is 7.00. The Bertz CT molecular complexity index is 1270. The maximum Gasteiger partial charge on any atom is 0.128 e. The third-order valence-corrected chi connectivity index (χ3v) is 6.61. The number of ether oxygens (including phenoxy) is 1. The quantitative estimate of drug-likeness (QED) is 0.245. The molecule has 0 saturated heterocycles. The molecule has 1 aromatic heterocycles. The Morgan fingerprint density at radius 1 is 0.719 bits per heavy atom. The average Bonchev–Trinajstić information content (AvgIpc) is 3.23. The Morgan fingerprint density at radius 3 is 2.09 bits per heavy atom. The van der Waals surface area contributed by atoms with Crippen molar-refractivity contribution in [1.29, 1.82) is 0 Å². The van der Waals surface area contributed by atoms with E-state index in [9.17, 15) is 0 Å². The van der Waals surface area contributed by atoms with E-state index in [1.165, 1.54) is 10.5 Å². The Labute approximate surface area is 192 Å². The molecular weight excluding hydrogens is 412 g/mol. The average molecular weight is 437 g/mol. The number of hydrogen-bond acceptors (Lipinski definition) is 3. The molecule has 158 valence electrons. The van der Waals surface area contributed by atoms with Gasteiger partial charge >= 0.3 is 0 Å². The summed E-state index contributed by atoms with van der Waals surface area (Å²) in [6, 6.07) is 39.5. The van der Waals surface area contributed by atoms with E-state index in [0.717, 1.165) is 29.2 Å². The molecule has 32 heavy (non-hydrogen) atoms. The van der Waals surface area contributed by atoms with Gasteiger partial charge in [-0.25, -0.2) is 4.98 Å². The molecule has 5 rings (SSSR count). The van der Waals surface area contributed by atoms with Crippen molar-refractivity contribution in [3.05, 3.63) is 127 Å². The number of nitrogens with zero attached hydrogens (tertiary/aromatic N) is 2. The monoisotopic (exact) mass is 436 g/mol. The molecule has 0 aliphatic rings. The van der Waals surface area contributed by atoms with E-state index < -0.39 is 0 Å². The predicted molar refractivity (Wildman–Crippen MR) is 132 cm³/mol. The first-order valence-electron chi connectivity index (χ1n) is 10.8. The summed E-state index contributed by atoms with van der Waals surface area (Å²) >= 11 is 1.83. The maximum absolute atomic E-state index is 6.03. The molecule has 3 nitrogen and oxygen atoms in total. The highest BCUT2D eigenvalue weighted by Gasteiger charge is 2.23. The number of aromatic nitrogens is 2. The van der Waals surface area contributed by atoms with Crippen LogP contribution in [0.1, 0.15) is 16.6 Å². The minimum Gasteiger partial charge on any atom is -0.492 e. The minimum atomic E-state index is 0.0720. The normalized spacial score (nSPS) is 12.0. The van der Waals surface area contributed by atoms with Gasteiger partial charge in [0.1, 0.15) is 18.2 Å². The standard InChI is InChI=1S/C28H24N2OS/c1-4-12-22(13-5-1)27(32-24-16-8-3-9-17-24)28-29-25-18-10-11-19-26(25)30(28)20-21-31-23-14-6-2-7-15-23/h1-19,27H,20-21H2. The molecule has 4 aromatic carbocycles. The lowest BCUT2D eigenvalue weighted by Crippen LogP contribution is -2.13. The van der Waals surface area contributed by atoms with Gasteiger partial charge in [-0.15, -0.1) is 11.8 Å². The second-order valence-electron chi connectivity index (χ2n) is 7.49. The van der Waals surface area contributed by atoms with Crippen molar-refractivity contribution in [3.8, 4) is 5.75 Å². The van der Waals surface area contributed by atoms with Crippen LogP contribution in [0.2, 0.25) is 0 Å². The first-order chi connectivity index (χ1) is 15.9. The Kier molecular flexibility index (Phi) is 6.22. The summed E-state index contributed by atoms with van der Waals surface area (Å²) in [5.41, 5.74) is 3.38. The molecular formula is C28H24N2OS. The highest BCUT2D eigenvalue weighted by molar-refractivity contribution is 7.99. The van der Waals surface area contributed by atoms with Crippen LogP contribution in [-0.4, -0.2) is 16.2 Å². The van der Waals surface area contributed by atoms with Crippen molar-refractivity contribution in [2.75, 3.05) is 6.61 Å². The van der Waals surface area contributed by atoms with Crippen LogP contribution >= 0.6 is 11.8 Å². The van der Waals surface area contributed by atoms with E-state index in [-0.39, 0.29) is 5.25 Å². The van der Waals surface area contributed by atoms with Crippen LogP contribution in [-0.2, 0) is 6.54 Å². The Morgan fingerprint density at radius 2 is 1.34 bits per heavy atom. The van der Waals surface area contributed by atoms with Gasteiger partial charge in [-0.3, -0.25) is 0 Å². The zero-order chi connectivity index (χ0) is 21.6. The van der Waals surface area contributed by atoms with E-state index in [0.29, 0.717) is 6.61 Å². The first-order valence-corrected chi connectivity index (χ1v) is 11.7. The van der Waals surface area contributed by atoms with Gasteiger partial charge in [-0.05, 0) is 42.0 Å². The lowest BCUT2D eigenvalue weighted by molar-refractivity contribution is 0.298. The summed E-state index contributed by atoms with van der Waals surface area (Å²) in [6.07, 6.45) is 0. The second-order valence-corrected chi connectivity index (χ2v) is 8.67. The fourth-order valence-corrected chi connectivity index (χ4v) is 5.00. The molecule has 0 aliphatic carbocycles. The van der Waals surface area contributed by atoms with Crippen molar-refractivity contribution in [2.45, 2.75) is 16.7 Å². The molecule has 0 saturated carbocycles. The van der Waals surface area contributed by atoms with Crippen molar-refractivity contribution < 1.29 is 4.74 Å². The van der Waals surface area contributed by atoms with E-state index in [1.54, 1.807) is 0 Å². The summed E-state index contributed by atoms with van der Waals surface area (Å²) in [5, 5.41) is 0.0720. The van der Waals surface area contributed by atoms with Crippen molar-refractivity contribution in [2.24, 2.45) is 0 Å². The number of fused-ring (bicyclic) bond motifs is 1. The number of thioether (sulfide) groups is 1. The topological polar surface area (TPSA) is 27.1 Å². The van der Waals surface area contributed by atoms with Gasteiger partial charge in [0.25, 0.3) is 0 Å². The summed E-state index contributed by atoms with van der Waals surface area (Å²) in [4.78, 5) is 6.32. The van der Waals surface area contributed by atoms with Crippen molar-refractivity contribution in [3.63, 3.8) is 0 Å². The molecule has 0 spiro atoms. The summed E-state index contributed by atoms with van der Waals surface area (Å²) in [6.45, 7) is 1.30. The zero-order valence-corrected chi connectivity index (χ0v) is 18.5. The van der Waals surface area contributed by atoms with Crippen LogP contribution in [0.3, 0.4) is 0 Å². The third kappa shape index (κ3) is 4.56. The molecule has 0 bridgehead atoms. The van der Waals surface area contributed by atoms with E-state index in [1.807, 2.05) is 48.2 Å². The largest absolute Gasteiger partial charge is 0.492 e. The van der Waals surface area contributed by atoms with Gasteiger partial charge in [0, 0.05) is 4.90 Å². The fourth-order valence-electron chi connectivity index (χ4n) is 3.83. The van der Waals surface area contributed by atoms with E-state index in [4.69, 9.17) is 9.72 Å². The number of benzene rings is 4. The van der Waals surface area contributed by atoms with Crippen molar-refractivity contribution >= 4 is 22.8 Å². The SMILES string of the molecule is c1ccc(OCCn2c(C(Sc3ccccc3)c3ccccc3)nc3ccccc32)cc1. The van der Waals surface area contributed by atoms with E-state index in [2.05, 4.69) is 83.4 Å². The van der Waals surface area contributed by atoms with Crippen LogP contribution < -0.4 is 4.74 Å². The van der Waals surface area contributed by atoms with Gasteiger partial charge in [0.2, 0.25) is 0 Å². The Hall–Kier alpha value is -3.50. The highest BCUT2D eigenvalue weighted by atomic mass is 32.2. The number of hydrogen-bond donors (Lipinski definition) is 0. The third-order valence-electron chi connectivity index (χ3n) is 5.34. The molecule has 0 aliphatic heterocycles. The fraction of sp³-hybridized carbons (Fsp3) is 0.107. The van der Waals surface area contributed by atoms with Crippen LogP contribution in [0.5, 0.6) is 5.75 Å². The molecule has 1 unspecified atom stereocenters. The Balaban J connectivity index is 1.53. The molecule has 0 fully saturated rings. The highest BCUT2D eigenvalue weighted by Crippen LogP contribution is 2.41. The summed E-state index contributed by atoms with van der Waals surface area (Å²) in [5.74, 6) is 1.93. The van der Waals surface area contributed by atoms with Crippen LogP contribution in [0.25, 0.3) is 11.0 Å². The minimum absolute atomic E-state index is 0.0720. The lowest BCUT2D eigenvalue weighted by atomic mass is 10.1. The van der Waals surface area contributed by atoms with Gasteiger partial charge in [0.15, 0.2) is 0 Å². The smallest absolute Gasteiger partial charge is 0.128 e. The number of imidazole rings is 1. The summed E-state index contributed by atoms with van der Waals surface area (Å²) in [7, 11) is 0. The molecule has 5 aromatic rings. The zero-order valence-electron chi connectivity index (χ0n) is 17.7. The molecule has 0 amide bonds. The molecule has 1 heterocycles. The second kappa shape index (κ2) is 9.75. The lowest BCUT2D eigenvalue weighted by Gasteiger charge is -2.19. The van der Waals surface area contributed by atoms with Gasteiger partial charge < -0.3 is 9.30 Å². The number of rotatable bonds is 8. The van der Waals surface area contributed by atoms with Gasteiger partial charge in [-0.1, -0.05) is 78.9 Å². The van der Waals surface area contributed by atoms with Gasteiger partial charge in [-0.2, -0.15) is 0 Å². The van der Waals surface area contributed by atoms with E-state index >= 15 is 0 Å². The van der Waals surface area contributed by atoms with Crippen LogP contribution in [0.15, 0.2) is 120 Å². The molecule has 4 heteroatoms. The maximum atomic E-state index is 6.03. The summed E-state index contributed by atoms with van der Waals surface area (Å²) < 4.78 is 8.34. The van der Waals surface area contributed by atoms with Crippen LogP contribution in [0.4, 0.5) is 0 Å². The molecule has 0 radical (unpaired) electrons. The van der Waals surface area contributed by atoms with Gasteiger partial charge in [0.05, 0.1) is 22.8 Å². The van der Waals surface area contributed by atoms with Crippen molar-refractivity contribution in [1.82, 2.24) is 9.55 Å². The number of para-hydroxylation sites is 3. The van der Waals surface area contributed by atoms with Crippen LogP contribution in [0, 0.1) is 0 Å².